The van der Waals surface area contributed by atoms with Crippen LogP contribution in [0.15, 0.2) is 54.1 Å². The first-order valence-corrected chi connectivity index (χ1v) is 15.9. The minimum atomic E-state index is -5.04. The Morgan fingerprint density at radius 1 is 0.875 bits per heavy atom. The number of carbonyl (C=O) groups is 3. The largest absolute Gasteiger partial charge is 0.456 e. The third-order valence-electron chi connectivity index (χ3n) is 9.42. The second-order valence-electron chi connectivity index (χ2n) is 13.9. The number of hydrogen-bond donors (Lipinski definition) is 2. The van der Waals surface area contributed by atoms with Gasteiger partial charge in [0.2, 0.25) is 11.8 Å². The fourth-order valence-corrected chi connectivity index (χ4v) is 7.50. The van der Waals surface area contributed by atoms with Crippen molar-refractivity contribution in [3.05, 3.63) is 76.6 Å². The van der Waals surface area contributed by atoms with Crippen LogP contribution < -0.4 is 10.6 Å². The molecule has 2 bridgehead atoms. The maximum Gasteiger partial charge on any atom is 0.419 e. The molecule has 0 spiro atoms. The molecule has 3 saturated carbocycles. The molecule has 0 heterocycles. The number of rotatable bonds is 6. The molecule has 5 rings (SSSR count). The summed E-state index contributed by atoms with van der Waals surface area (Å²) in [5, 5.41) is 5.19. The van der Waals surface area contributed by atoms with Gasteiger partial charge in [-0.3, -0.25) is 9.59 Å². The summed E-state index contributed by atoms with van der Waals surface area (Å²) in [5.41, 5.74) is -1.46. The van der Waals surface area contributed by atoms with Crippen molar-refractivity contribution in [3.63, 3.8) is 0 Å². The first-order chi connectivity index (χ1) is 22.3. The highest BCUT2D eigenvalue weighted by Crippen LogP contribution is 2.54. The van der Waals surface area contributed by atoms with Crippen LogP contribution in [0.3, 0.4) is 0 Å². The van der Waals surface area contributed by atoms with Crippen LogP contribution in [-0.2, 0) is 20.5 Å². The Morgan fingerprint density at radius 2 is 1.58 bits per heavy atom. The molecule has 0 radical (unpaired) electrons. The average molecular weight is 683 g/mol. The maximum absolute atomic E-state index is 13.9. The predicted molar refractivity (Wildman–Crippen MR) is 162 cm³/mol. The molecule has 13 heteroatoms. The van der Waals surface area contributed by atoms with E-state index in [2.05, 4.69) is 10.6 Å². The van der Waals surface area contributed by atoms with Crippen molar-refractivity contribution in [2.45, 2.75) is 89.2 Å². The number of esters is 1. The number of nitrogens with one attached hydrogen (secondary N) is 2. The van der Waals surface area contributed by atoms with Crippen molar-refractivity contribution < 1.29 is 49.9 Å². The molecule has 2 unspecified atom stereocenters. The van der Waals surface area contributed by atoms with Gasteiger partial charge in [0.05, 0.1) is 17.0 Å². The topological polar surface area (TPSA) is 84.5 Å². The average Bonchev–Trinajstić information content (AvgIpc) is 3.49. The van der Waals surface area contributed by atoms with Gasteiger partial charge in [0.1, 0.15) is 11.4 Å². The van der Waals surface area contributed by atoms with E-state index >= 15 is 0 Å². The first-order valence-electron chi connectivity index (χ1n) is 15.9. The number of amides is 2. The Balaban J connectivity index is 1.35. The summed E-state index contributed by atoms with van der Waals surface area (Å²) in [7, 11) is 0. The van der Waals surface area contributed by atoms with E-state index in [1.807, 2.05) is 6.07 Å². The van der Waals surface area contributed by atoms with Crippen LogP contribution in [0.1, 0.15) is 86.7 Å². The lowest BCUT2D eigenvalue weighted by atomic mass is 9.77. The van der Waals surface area contributed by atoms with E-state index < -0.39 is 76.8 Å². The number of fused-ring (bicyclic) bond motifs is 2. The minimum Gasteiger partial charge on any atom is -0.456 e. The zero-order chi connectivity index (χ0) is 35.2. The lowest BCUT2D eigenvalue weighted by Crippen LogP contribution is -2.50. The number of ether oxygens (including phenoxy) is 1. The molecule has 3 aliphatic carbocycles. The lowest BCUT2D eigenvalue weighted by Gasteiger charge is -2.34. The van der Waals surface area contributed by atoms with Gasteiger partial charge in [0.15, 0.2) is 0 Å². The molecule has 48 heavy (non-hydrogen) atoms. The van der Waals surface area contributed by atoms with E-state index in [0.29, 0.717) is 43.4 Å². The van der Waals surface area contributed by atoms with Crippen LogP contribution >= 0.6 is 0 Å². The molecule has 2 aromatic rings. The number of hydrogen-bond acceptors (Lipinski definition) is 4. The molecule has 6 atom stereocenters. The summed E-state index contributed by atoms with van der Waals surface area (Å²) in [6, 6.07) is 7.89. The Kier molecular flexibility index (Phi) is 9.73. The van der Waals surface area contributed by atoms with Crippen LogP contribution in [0, 0.1) is 29.5 Å². The standard InChI is InChI=1S/C35H37F7N2O4/c1-33(2,3)48-32(47)21-9-5-7-19(15-21)18-6-4-8-20(14-18)30(45)44-29-24-12-11-23(25(24)17-34(37,38)39)28(29)31(46)43-22-10-13-27(36)26(16-22)35(40,41)42/h5,7,9-10,13,15-18,20,23-24,28-29H,4,6,8,11-12,14H2,1-3H3,(H,43,46)(H,44,45)/b25-17-/t18?,20?,23-,24+,28-,29+/m0/s1. The summed E-state index contributed by atoms with van der Waals surface area (Å²) < 4.78 is 99.9. The second-order valence-corrected chi connectivity index (χ2v) is 13.9. The second kappa shape index (κ2) is 13.2. The number of allylic oxidation sites excluding steroid dienone is 1. The summed E-state index contributed by atoms with van der Waals surface area (Å²) in [4.78, 5) is 39.9. The number of alkyl halides is 6. The maximum atomic E-state index is 13.9. The Hall–Kier alpha value is -3.90. The Bertz CT molecular complexity index is 1590. The molecule has 3 fully saturated rings. The summed E-state index contributed by atoms with van der Waals surface area (Å²) in [6.45, 7) is 5.29. The molecule has 2 N–H and O–H groups in total. The molecule has 2 aromatic carbocycles. The van der Waals surface area contributed by atoms with E-state index in [9.17, 15) is 45.1 Å². The highest BCUT2D eigenvalue weighted by atomic mass is 19.4. The zero-order valence-corrected chi connectivity index (χ0v) is 26.6. The van der Waals surface area contributed by atoms with Crippen LogP contribution in [0.5, 0.6) is 0 Å². The monoisotopic (exact) mass is 682 g/mol. The van der Waals surface area contributed by atoms with Crippen molar-refractivity contribution in [1.29, 1.82) is 0 Å². The van der Waals surface area contributed by atoms with E-state index in [4.69, 9.17) is 4.74 Å². The SMILES string of the molecule is CC(C)(C)OC(=O)c1cccc(C2CCCC(C(=O)N[C@H]3[C@@H](C(=O)Nc4ccc(F)c(C(F)(F)F)c4)[C@H]4CC[C@@H]3/C4=C\C(F)(F)F)C2)c1. The van der Waals surface area contributed by atoms with Gasteiger partial charge in [-0.15, -0.1) is 0 Å². The van der Waals surface area contributed by atoms with Crippen LogP contribution in [0.25, 0.3) is 0 Å². The smallest absolute Gasteiger partial charge is 0.419 e. The summed E-state index contributed by atoms with van der Waals surface area (Å²) in [6.07, 6.45) is -6.70. The molecule has 3 aliphatic rings. The van der Waals surface area contributed by atoms with Gasteiger partial charge in [0.25, 0.3) is 0 Å². The normalized spacial score (nSPS) is 26.8. The summed E-state index contributed by atoms with van der Waals surface area (Å²) in [5.74, 6) is -6.79. The molecule has 6 nitrogen and oxygen atoms in total. The number of anilines is 1. The van der Waals surface area contributed by atoms with Crippen LogP contribution in [-0.4, -0.2) is 35.6 Å². The number of benzene rings is 2. The third-order valence-corrected chi connectivity index (χ3v) is 9.42. The minimum absolute atomic E-state index is 0.0245. The van der Waals surface area contributed by atoms with Crippen molar-refractivity contribution in [1.82, 2.24) is 5.32 Å². The third kappa shape index (κ3) is 8.03. The van der Waals surface area contributed by atoms with E-state index in [1.54, 1.807) is 39.0 Å². The van der Waals surface area contributed by atoms with E-state index in [0.717, 1.165) is 18.1 Å². The fourth-order valence-electron chi connectivity index (χ4n) is 7.50. The Labute approximate surface area is 273 Å². The molecule has 0 saturated heterocycles. The van der Waals surface area contributed by atoms with Crippen molar-refractivity contribution >= 4 is 23.5 Å². The lowest BCUT2D eigenvalue weighted by molar-refractivity contribution is -0.140. The van der Waals surface area contributed by atoms with Crippen molar-refractivity contribution in [3.8, 4) is 0 Å². The Morgan fingerprint density at radius 3 is 2.25 bits per heavy atom. The van der Waals surface area contributed by atoms with Gasteiger partial charge >= 0.3 is 18.3 Å². The molecule has 0 aliphatic heterocycles. The molecular formula is C35H37F7N2O4. The van der Waals surface area contributed by atoms with Gasteiger partial charge in [-0.25, -0.2) is 9.18 Å². The van der Waals surface area contributed by atoms with Gasteiger partial charge in [-0.2, -0.15) is 26.3 Å². The van der Waals surface area contributed by atoms with Gasteiger partial charge in [-0.1, -0.05) is 24.1 Å². The number of carbonyl (C=O) groups excluding carboxylic acids is 3. The van der Waals surface area contributed by atoms with Gasteiger partial charge in [0, 0.05) is 29.6 Å². The highest BCUT2D eigenvalue weighted by molar-refractivity contribution is 5.95. The van der Waals surface area contributed by atoms with Crippen LogP contribution in [0.4, 0.5) is 36.4 Å². The molecule has 0 aromatic heterocycles. The van der Waals surface area contributed by atoms with Crippen molar-refractivity contribution in [2.75, 3.05) is 5.32 Å². The van der Waals surface area contributed by atoms with Gasteiger partial charge in [-0.05, 0) is 101 Å². The van der Waals surface area contributed by atoms with E-state index in [-0.39, 0.29) is 29.7 Å². The predicted octanol–water partition coefficient (Wildman–Crippen LogP) is 8.34. The highest BCUT2D eigenvalue weighted by Gasteiger charge is 2.56. The fraction of sp³-hybridized carbons (Fsp3) is 0.514. The zero-order valence-electron chi connectivity index (χ0n) is 26.6. The van der Waals surface area contributed by atoms with Crippen LogP contribution in [0.2, 0.25) is 0 Å². The molecule has 260 valence electrons. The quantitative estimate of drug-likeness (QED) is 0.182. The van der Waals surface area contributed by atoms with Crippen molar-refractivity contribution in [2.24, 2.45) is 23.7 Å². The molecule has 2 amide bonds. The van der Waals surface area contributed by atoms with Gasteiger partial charge < -0.3 is 15.4 Å². The summed E-state index contributed by atoms with van der Waals surface area (Å²) >= 11 is 0. The number of halogens is 7. The van der Waals surface area contributed by atoms with E-state index in [1.165, 1.54) is 0 Å². The first kappa shape index (κ1) is 35.4. The molecular weight excluding hydrogens is 645 g/mol.